The maximum Gasteiger partial charge on any atom is 0.257 e. The van der Waals surface area contributed by atoms with Gasteiger partial charge in [-0.2, -0.15) is 0 Å². The first-order valence-electron chi connectivity index (χ1n) is 5.33. The van der Waals surface area contributed by atoms with Crippen LogP contribution in [0.25, 0.3) is 0 Å². The topological polar surface area (TPSA) is 49.3 Å². The zero-order valence-corrected chi connectivity index (χ0v) is 14.4. The Kier molecular flexibility index (Phi) is 4.96. The Bertz CT molecular complexity index is 669. The van der Waals surface area contributed by atoms with Crippen LogP contribution in [0.3, 0.4) is 0 Å². The van der Waals surface area contributed by atoms with Crippen LogP contribution in [0.4, 0.5) is 5.69 Å². The zero-order chi connectivity index (χ0) is 14.9. The van der Waals surface area contributed by atoms with Crippen molar-refractivity contribution in [2.75, 3.05) is 5.32 Å². The minimum absolute atomic E-state index is 0.0625. The number of benzene rings is 2. The average molecular weight is 440 g/mol. The molecule has 104 valence electrons. The van der Waals surface area contributed by atoms with Gasteiger partial charge in [-0.1, -0.05) is 23.2 Å². The van der Waals surface area contributed by atoms with Gasteiger partial charge in [-0.25, -0.2) is 0 Å². The summed E-state index contributed by atoms with van der Waals surface area (Å²) in [5.74, 6) is -0.302. The third kappa shape index (κ3) is 3.47. The quantitative estimate of drug-likeness (QED) is 0.609. The minimum Gasteiger partial charge on any atom is -0.506 e. The lowest BCUT2D eigenvalue weighted by Crippen LogP contribution is -2.12. The molecule has 0 fully saturated rings. The summed E-state index contributed by atoms with van der Waals surface area (Å²) >= 11 is 18.1. The fourth-order valence-electron chi connectivity index (χ4n) is 1.51. The Morgan fingerprint density at radius 1 is 1.10 bits per heavy atom. The van der Waals surface area contributed by atoms with Crippen molar-refractivity contribution in [2.24, 2.45) is 0 Å². The third-order valence-electron chi connectivity index (χ3n) is 2.45. The van der Waals surface area contributed by atoms with Crippen LogP contribution in [0, 0.1) is 0 Å². The van der Waals surface area contributed by atoms with Crippen LogP contribution in [0.15, 0.2) is 39.3 Å². The van der Waals surface area contributed by atoms with Crippen molar-refractivity contribution >= 4 is 66.7 Å². The summed E-state index contributed by atoms with van der Waals surface area (Å²) in [7, 11) is 0. The molecule has 0 heterocycles. The fraction of sp³-hybridized carbons (Fsp3) is 0. The number of hydrogen-bond acceptors (Lipinski definition) is 2. The number of carbonyl (C=O) groups excluding carboxylic acids is 1. The second kappa shape index (κ2) is 6.35. The lowest BCUT2D eigenvalue weighted by Gasteiger charge is -2.09. The van der Waals surface area contributed by atoms with Gasteiger partial charge >= 0.3 is 0 Å². The molecule has 0 atom stereocenters. The Hall–Kier alpha value is -0.750. The number of hydrogen-bond donors (Lipinski definition) is 2. The van der Waals surface area contributed by atoms with E-state index in [1.807, 2.05) is 0 Å². The highest BCUT2D eigenvalue weighted by atomic mass is 79.9. The number of anilines is 1. The van der Waals surface area contributed by atoms with Gasteiger partial charge in [0.15, 0.2) is 0 Å². The summed E-state index contributed by atoms with van der Waals surface area (Å²) in [6.45, 7) is 0. The van der Waals surface area contributed by atoms with Gasteiger partial charge in [0, 0.05) is 10.7 Å². The van der Waals surface area contributed by atoms with Crippen LogP contribution in [-0.4, -0.2) is 11.0 Å². The Labute approximate surface area is 142 Å². The molecule has 0 spiro atoms. The molecule has 20 heavy (non-hydrogen) atoms. The van der Waals surface area contributed by atoms with E-state index in [-0.39, 0.29) is 16.7 Å². The highest BCUT2D eigenvalue weighted by Crippen LogP contribution is 2.35. The smallest absolute Gasteiger partial charge is 0.257 e. The summed E-state index contributed by atoms with van der Waals surface area (Å²) in [5.41, 5.74) is 0.828. The van der Waals surface area contributed by atoms with Crippen LogP contribution in [-0.2, 0) is 0 Å². The molecule has 0 saturated carbocycles. The van der Waals surface area contributed by atoms with Gasteiger partial charge in [-0.3, -0.25) is 4.79 Å². The number of nitrogens with one attached hydrogen (secondary N) is 1. The van der Waals surface area contributed by atoms with Crippen LogP contribution in [0.5, 0.6) is 5.75 Å². The van der Waals surface area contributed by atoms with E-state index < -0.39 is 0 Å². The maximum atomic E-state index is 12.1. The minimum atomic E-state index is -0.365. The van der Waals surface area contributed by atoms with E-state index in [0.717, 1.165) is 0 Å². The third-order valence-corrected chi connectivity index (χ3v) is 4.21. The van der Waals surface area contributed by atoms with Crippen molar-refractivity contribution in [3.05, 3.63) is 54.9 Å². The molecule has 0 radical (unpaired) electrons. The first-order valence-corrected chi connectivity index (χ1v) is 7.67. The molecule has 0 aliphatic heterocycles. The molecule has 2 rings (SSSR count). The standard InChI is InChI=1S/C13H7Br2Cl2NO2/c14-9-4-7(5-10(15)12(9)19)18-13(20)8-2-1-6(16)3-11(8)17/h1-5,19H,(H,18,20). The van der Waals surface area contributed by atoms with Crippen LogP contribution < -0.4 is 5.32 Å². The van der Waals surface area contributed by atoms with Crippen molar-refractivity contribution in [3.63, 3.8) is 0 Å². The van der Waals surface area contributed by atoms with Crippen molar-refractivity contribution < 1.29 is 9.90 Å². The number of halogens is 4. The average Bonchev–Trinajstić information content (AvgIpc) is 2.35. The molecule has 7 heteroatoms. The summed E-state index contributed by atoms with van der Waals surface area (Å²) in [4.78, 5) is 12.1. The second-order valence-electron chi connectivity index (χ2n) is 3.87. The van der Waals surface area contributed by atoms with Gasteiger partial charge < -0.3 is 10.4 Å². The van der Waals surface area contributed by atoms with Gasteiger partial charge in [-0.15, -0.1) is 0 Å². The number of rotatable bonds is 2. The van der Waals surface area contributed by atoms with Crippen molar-refractivity contribution in [1.82, 2.24) is 0 Å². The van der Waals surface area contributed by atoms with E-state index in [1.165, 1.54) is 6.07 Å². The Balaban J connectivity index is 2.28. The molecule has 2 aromatic carbocycles. The lowest BCUT2D eigenvalue weighted by molar-refractivity contribution is 0.102. The van der Waals surface area contributed by atoms with Crippen LogP contribution in [0.2, 0.25) is 10.0 Å². The van der Waals surface area contributed by atoms with Gasteiger partial charge in [0.2, 0.25) is 0 Å². The summed E-state index contributed by atoms with van der Waals surface area (Å²) in [6.07, 6.45) is 0. The summed E-state index contributed by atoms with van der Waals surface area (Å²) < 4.78 is 0.925. The fourth-order valence-corrected chi connectivity index (χ4v) is 3.19. The Morgan fingerprint density at radius 3 is 2.25 bits per heavy atom. The van der Waals surface area contributed by atoms with E-state index in [1.54, 1.807) is 24.3 Å². The van der Waals surface area contributed by atoms with Gasteiger partial charge in [0.05, 0.1) is 19.5 Å². The first-order chi connectivity index (χ1) is 9.38. The lowest BCUT2D eigenvalue weighted by atomic mass is 10.2. The molecule has 0 bridgehead atoms. The van der Waals surface area contributed by atoms with Crippen LogP contribution >= 0.6 is 55.1 Å². The second-order valence-corrected chi connectivity index (χ2v) is 6.42. The molecular formula is C13H7Br2Cl2NO2. The van der Waals surface area contributed by atoms with E-state index in [9.17, 15) is 9.90 Å². The molecule has 1 amide bonds. The van der Waals surface area contributed by atoms with Gasteiger partial charge in [-0.05, 0) is 62.2 Å². The molecule has 0 aliphatic carbocycles. The van der Waals surface area contributed by atoms with Crippen molar-refractivity contribution in [3.8, 4) is 5.75 Å². The summed E-state index contributed by atoms with van der Waals surface area (Å²) in [6, 6.07) is 7.81. The number of carbonyl (C=O) groups is 1. The van der Waals surface area contributed by atoms with E-state index in [0.29, 0.717) is 25.2 Å². The highest BCUT2D eigenvalue weighted by Gasteiger charge is 2.13. The number of aromatic hydroxyl groups is 1. The molecule has 0 unspecified atom stereocenters. The normalized spacial score (nSPS) is 10.4. The first kappa shape index (κ1) is 15.6. The summed E-state index contributed by atoms with van der Waals surface area (Å²) in [5, 5.41) is 13.0. The van der Waals surface area contributed by atoms with Crippen LogP contribution in [0.1, 0.15) is 10.4 Å². The van der Waals surface area contributed by atoms with Gasteiger partial charge in [0.1, 0.15) is 5.75 Å². The largest absolute Gasteiger partial charge is 0.506 e. The van der Waals surface area contributed by atoms with E-state index in [4.69, 9.17) is 23.2 Å². The molecule has 0 saturated heterocycles. The van der Waals surface area contributed by atoms with Crippen molar-refractivity contribution in [2.45, 2.75) is 0 Å². The zero-order valence-electron chi connectivity index (χ0n) is 9.75. The van der Waals surface area contributed by atoms with Gasteiger partial charge in [0.25, 0.3) is 5.91 Å². The highest BCUT2D eigenvalue weighted by molar-refractivity contribution is 9.11. The predicted octanol–water partition coefficient (Wildman–Crippen LogP) is 5.48. The number of phenolic OH excluding ortho intramolecular Hbond substituents is 1. The SMILES string of the molecule is O=C(Nc1cc(Br)c(O)c(Br)c1)c1ccc(Cl)cc1Cl. The van der Waals surface area contributed by atoms with Crippen molar-refractivity contribution in [1.29, 1.82) is 0 Å². The Morgan fingerprint density at radius 2 is 1.70 bits per heavy atom. The number of amides is 1. The predicted molar refractivity (Wildman–Crippen MR) is 87.9 cm³/mol. The molecular weight excluding hydrogens is 433 g/mol. The number of phenols is 1. The molecule has 0 aliphatic rings. The monoisotopic (exact) mass is 437 g/mol. The molecule has 2 N–H and O–H groups in total. The molecule has 0 aromatic heterocycles. The maximum absolute atomic E-state index is 12.1. The molecule has 2 aromatic rings. The van der Waals surface area contributed by atoms with E-state index >= 15 is 0 Å². The molecule has 3 nitrogen and oxygen atoms in total. The van der Waals surface area contributed by atoms with E-state index in [2.05, 4.69) is 37.2 Å².